The summed E-state index contributed by atoms with van der Waals surface area (Å²) in [6.07, 6.45) is 0.619. The average molecular weight is 388 g/mol. The molecule has 0 radical (unpaired) electrons. The Labute approximate surface area is 161 Å². The summed E-state index contributed by atoms with van der Waals surface area (Å²) in [7, 11) is 1.63. The second-order valence-electron chi connectivity index (χ2n) is 5.75. The smallest absolute Gasteiger partial charge is 0.239 e. The van der Waals surface area contributed by atoms with Gasteiger partial charge in [-0.2, -0.15) is 5.10 Å². The van der Waals surface area contributed by atoms with Crippen molar-refractivity contribution in [1.82, 2.24) is 5.32 Å². The molecule has 1 saturated heterocycles. The third-order valence-electron chi connectivity index (χ3n) is 3.91. The molecule has 0 spiro atoms. The molecule has 0 unspecified atom stereocenters. The fraction of sp³-hybridized carbons (Fsp3) is 0.211. The third kappa shape index (κ3) is 4.65. The van der Waals surface area contributed by atoms with E-state index in [-0.39, 0.29) is 11.2 Å². The van der Waals surface area contributed by atoms with Crippen LogP contribution in [0.15, 0.2) is 58.7 Å². The van der Waals surface area contributed by atoms with Gasteiger partial charge in [0.15, 0.2) is 5.17 Å². The Morgan fingerprint density at radius 2 is 1.88 bits per heavy atom. The highest BCUT2D eigenvalue weighted by Crippen LogP contribution is 2.24. The minimum atomic E-state index is -0.216. The second-order valence-corrected chi connectivity index (χ2v) is 7.37. The lowest BCUT2D eigenvalue weighted by Crippen LogP contribution is -2.25. The number of hydrogen-bond acceptors (Lipinski definition) is 5. The van der Waals surface area contributed by atoms with Gasteiger partial charge in [0.05, 0.1) is 18.1 Å². The van der Waals surface area contributed by atoms with E-state index in [1.807, 2.05) is 55.5 Å². The monoisotopic (exact) mass is 387 g/mol. The van der Waals surface area contributed by atoms with Gasteiger partial charge in [-0.25, -0.2) is 0 Å². The number of thioether (sulfide) groups is 1. The number of carbonyl (C=O) groups is 1. The van der Waals surface area contributed by atoms with Crippen LogP contribution in [0.4, 0.5) is 0 Å². The van der Waals surface area contributed by atoms with E-state index in [2.05, 4.69) is 15.5 Å². The van der Waals surface area contributed by atoms with Crippen LogP contribution in [0.25, 0.3) is 0 Å². The van der Waals surface area contributed by atoms with E-state index < -0.39 is 0 Å². The molecule has 0 aliphatic carbocycles. The van der Waals surface area contributed by atoms with Gasteiger partial charge in [-0.3, -0.25) is 4.79 Å². The quantitative estimate of drug-likeness (QED) is 0.625. The van der Waals surface area contributed by atoms with Gasteiger partial charge in [-0.15, -0.1) is 5.10 Å². The third-order valence-corrected chi connectivity index (χ3v) is 5.23. The summed E-state index contributed by atoms with van der Waals surface area (Å²) in [5.41, 5.74) is 2.76. The Balaban J connectivity index is 1.65. The lowest BCUT2D eigenvalue weighted by Gasteiger charge is -2.05. The molecule has 1 fully saturated rings. The van der Waals surface area contributed by atoms with Gasteiger partial charge in [0.2, 0.25) is 5.91 Å². The summed E-state index contributed by atoms with van der Waals surface area (Å²) in [5, 5.41) is 12.2. The van der Waals surface area contributed by atoms with Crippen LogP contribution < -0.4 is 10.1 Å². The Hall–Kier alpha value is -2.31. The minimum absolute atomic E-state index is 0.0546. The summed E-state index contributed by atoms with van der Waals surface area (Å²) in [6.45, 7) is 1.87. The molecule has 1 atom stereocenters. The molecule has 1 aliphatic rings. The van der Waals surface area contributed by atoms with Crippen molar-refractivity contribution in [2.75, 3.05) is 7.11 Å². The van der Waals surface area contributed by atoms with Crippen LogP contribution in [0, 0.1) is 0 Å². The number of amides is 1. The molecule has 1 aliphatic heterocycles. The Bertz CT molecular complexity index is 848. The van der Waals surface area contributed by atoms with Gasteiger partial charge in [0.1, 0.15) is 5.75 Å². The zero-order chi connectivity index (χ0) is 18.5. The lowest BCUT2D eigenvalue weighted by molar-refractivity contribution is -0.118. The predicted octanol–water partition coefficient (Wildman–Crippen LogP) is 3.90. The van der Waals surface area contributed by atoms with Crippen LogP contribution >= 0.6 is 23.4 Å². The van der Waals surface area contributed by atoms with Crippen LogP contribution in [0.5, 0.6) is 5.75 Å². The molecule has 1 amide bonds. The van der Waals surface area contributed by atoms with Gasteiger partial charge in [-0.05, 0) is 60.9 Å². The Morgan fingerprint density at radius 3 is 2.54 bits per heavy atom. The van der Waals surface area contributed by atoms with Crippen molar-refractivity contribution in [2.45, 2.75) is 18.6 Å². The van der Waals surface area contributed by atoms with E-state index in [1.165, 1.54) is 11.8 Å². The molecule has 5 nitrogen and oxygen atoms in total. The number of nitrogens with one attached hydrogen (secondary N) is 1. The molecule has 0 aromatic heterocycles. The number of benzene rings is 2. The fourth-order valence-electron chi connectivity index (χ4n) is 2.43. The zero-order valence-corrected chi connectivity index (χ0v) is 16.0. The van der Waals surface area contributed by atoms with E-state index in [9.17, 15) is 4.79 Å². The molecule has 3 rings (SSSR count). The van der Waals surface area contributed by atoms with E-state index in [1.54, 1.807) is 7.11 Å². The Morgan fingerprint density at radius 1 is 1.19 bits per heavy atom. The van der Waals surface area contributed by atoms with Gasteiger partial charge in [-0.1, -0.05) is 35.5 Å². The van der Waals surface area contributed by atoms with Crippen LogP contribution in [0.1, 0.15) is 18.1 Å². The highest BCUT2D eigenvalue weighted by atomic mass is 35.5. The maximum atomic E-state index is 12.1. The van der Waals surface area contributed by atoms with Crippen LogP contribution in [0.2, 0.25) is 5.02 Å². The first kappa shape index (κ1) is 18.5. The summed E-state index contributed by atoms with van der Waals surface area (Å²) < 4.78 is 5.14. The molecular formula is C19H18ClN3O2S. The molecular weight excluding hydrogens is 370 g/mol. The van der Waals surface area contributed by atoms with E-state index >= 15 is 0 Å². The van der Waals surface area contributed by atoms with Crippen LogP contribution in [-0.4, -0.2) is 29.1 Å². The fourth-order valence-corrected chi connectivity index (χ4v) is 3.52. The SMILES string of the molecule is COc1ccc(/C(C)=N\N=C2/NC(=O)[C@H](Cc3ccc(Cl)cc3)S2)cc1. The number of carbonyl (C=O) groups excluding carboxylic acids is 1. The first-order valence-electron chi connectivity index (χ1n) is 8.04. The van der Waals surface area contributed by atoms with Crippen molar-refractivity contribution >= 4 is 40.1 Å². The van der Waals surface area contributed by atoms with Gasteiger partial charge >= 0.3 is 0 Å². The molecule has 0 bridgehead atoms. The highest BCUT2D eigenvalue weighted by molar-refractivity contribution is 8.15. The summed E-state index contributed by atoms with van der Waals surface area (Å²) >= 11 is 7.28. The molecule has 2 aromatic rings. The molecule has 134 valence electrons. The largest absolute Gasteiger partial charge is 0.497 e. The first-order chi connectivity index (χ1) is 12.5. The van der Waals surface area contributed by atoms with Crippen molar-refractivity contribution in [2.24, 2.45) is 10.2 Å². The number of rotatable bonds is 5. The molecule has 26 heavy (non-hydrogen) atoms. The normalized spacial score (nSPS) is 18.9. The van der Waals surface area contributed by atoms with E-state index in [0.29, 0.717) is 16.6 Å². The first-order valence-corrected chi connectivity index (χ1v) is 9.29. The highest BCUT2D eigenvalue weighted by Gasteiger charge is 2.30. The average Bonchev–Trinajstić information content (AvgIpc) is 3.01. The van der Waals surface area contributed by atoms with E-state index in [4.69, 9.17) is 16.3 Å². The number of halogens is 1. The molecule has 0 saturated carbocycles. The maximum absolute atomic E-state index is 12.1. The number of hydrogen-bond donors (Lipinski definition) is 1. The molecule has 2 aromatic carbocycles. The molecule has 7 heteroatoms. The predicted molar refractivity (Wildman–Crippen MR) is 107 cm³/mol. The summed E-state index contributed by atoms with van der Waals surface area (Å²) in [4.78, 5) is 12.1. The van der Waals surface area contributed by atoms with Gasteiger partial charge in [0, 0.05) is 5.02 Å². The topological polar surface area (TPSA) is 63.1 Å². The summed E-state index contributed by atoms with van der Waals surface area (Å²) in [5.74, 6) is 0.734. The van der Waals surface area contributed by atoms with E-state index in [0.717, 1.165) is 22.6 Å². The van der Waals surface area contributed by atoms with Gasteiger partial charge in [0.25, 0.3) is 0 Å². The minimum Gasteiger partial charge on any atom is -0.497 e. The maximum Gasteiger partial charge on any atom is 0.239 e. The zero-order valence-electron chi connectivity index (χ0n) is 14.4. The van der Waals surface area contributed by atoms with Crippen LogP contribution in [0.3, 0.4) is 0 Å². The van der Waals surface area contributed by atoms with Crippen molar-refractivity contribution in [3.63, 3.8) is 0 Å². The second kappa shape index (κ2) is 8.38. The lowest BCUT2D eigenvalue weighted by atomic mass is 10.1. The van der Waals surface area contributed by atoms with Gasteiger partial charge < -0.3 is 10.1 Å². The van der Waals surface area contributed by atoms with Crippen LogP contribution in [-0.2, 0) is 11.2 Å². The standard InChI is InChI=1S/C19H18ClN3O2S/c1-12(14-5-9-16(25-2)10-6-14)22-23-19-21-18(24)17(26-19)11-13-3-7-15(20)8-4-13/h3-10,17H,11H2,1-2H3,(H,21,23,24)/b22-12-/t17-/m0/s1. The number of ether oxygens (including phenoxy) is 1. The number of amidine groups is 1. The molecule has 1 heterocycles. The van der Waals surface area contributed by atoms with Crippen molar-refractivity contribution in [3.8, 4) is 5.75 Å². The number of nitrogens with zero attached hydrogens (tertiary/aromatic N) is 2. The summed E-state index contributed by atoms with van der Waals surface area (Å²) in [6, 6.07) is 15.1. The van der Waals surface area contributed by atoms with Crippen molar-refractivity contribution < 1.29 is 9.53 Å². The number of methoxy groups -OCH3 is 1. The van der Waals surface area contributed by atoms with Crippen molar-refractivity contribution in [1.29, 1.82) is 0 Å². The Kier molecular flexibility index (Phi) is 5.96. The van der Waals surface area contributed by atoms with Crippen molar-refractivity contribution in [3.05, 3.63) is 64.7 Å². The molecule has 1 N–H and O–H groups in total.